The maximum absolute atomic E-state index is 13.2. The van der Waals surface area contributed by atoms with Crippen molar-refractivity contribution < 1.29 is 13.2 Å². The van der Waals surface area contributed by atoms with Gasteiger partial charge in [-0.25, -0.2) is 8.42 Å². The molecule has 1 amide bonds. The van der Waals surface area contributed by atoms with Gasteiger partial charge < -0.3 is 4.90 Å². The first-order valence-electron chi connectivity index (χ1n) is 9.51. The molecule has 3 rings (SSSR count). The lowest BCUT2D eigenvalue weighted by molar-refractivity contribution is 0.0784. The molecule has 0 aliphatic rings. The van der Waals surface area contributed by atoms with E-state index in [0.29, 0.717) is 17.8 Å². The van der Waals surface area contributed by atoms with Crippen molar-refractivity contribution in [3.05, 3.63) is 94.5 Å². The van der Waals surface area contributed by atoms with Crippen molar-refractivity contribution in [3.63, 3.8) is 0 Å². The summed E-state index contributed by atoms with van der Waals surface area (Å²) >= 11 is 3.49. The molecule has 0 saturated heterocycles. The standard InChI is InChI=1S/C23H23BrN2O3S/c1-3-26(20-12-5-4-6-13-20)30(28,29)21-14-9-11-18(16-21)23(27)25(2)17-19-10-7-8-15-22(19)24/h4-16H,3,17H2,1-2H3. The Balaban J connectivity index is 1.88. The fourth-order valence-corrected chi connectivity index (χ4v) is 5.11. The van der Waals surface area contributed by atoms with Crippen LogP contribution in [0.3, 0.4) is 0 Å². The van der Waals surface area contributed by atoms with Crippen molar-refractivity contribution >= 4 is 37.5 Å². The molecular formula is C23H23BrN2O3S. The molecule has 0 radical (unpaired) electrons. The summed E-state index contributed by atoms with van der Waals surface area (Å²) in [7, 11) is -2.10. The molecule has 5 nitrogen and oxygen atoms in total. The predicted octanol–water partition coefficient (Wildman–Crippen LogP) is 4.94. The average molecular weight is 487 g/mol. The molecule has 0 aromatic heterocycles. The van der Waals surface area contributed by atoms with Crippen LogP contribution in [0.25, 0.3) is 0 Å². The highest BCUT2D eigenvalue weighted by atomic mass is 79.9. The van der Waals surface area contributed by atoms with E-state index in [1.165, 1.54) is 16.4 Å². The van der Waals surface area contributed by atoms with Crippen LogP contribution >= 0.6 is 15.9 Å². The Kier molecular flexibility index (Phi) is 6.95. The second kappa shape index (κ2) is 9.45. The number of nitrogens with zero attached hydrogens (tertiary/aromatic N) is 2. The summed E-state index contributed by atoms with van der Waals surface area (Å²) in [4.78, 5) is 14.6. The normalized spacial score (nSPS) is 11.2. The molecule has 3 aromatic rings. The van der Waals surface area contributed by atoms with Gasteiger partial charge in [0, 0.05) is 30.2 Å². The number of para-hydroxylation sites is 1. The van der Waals surface area contributed by atoms with E-state index >= 15 is 0 Å². The van der Waals surface area contributed by atoms with Crippen LogP contribution in [0, 0.1) is 0 Å². The Morgan fingerprint density at radius 3 is 2.27 bits per heavy atom. The summed E-state index contributed by atoms with van der Waals surface area (Å²) in [6.45, 7) is 2.47. The highest BCUT2D eigenvalue weighted by Gasteiger charge is 2.25. The third-order valence-electron chi connectivity index (χ3n) is 4.71. The monoisotopic (exact) mass is 486 g/mol. The van der Waals surface area contributed by atoms with E-state index < -0.39 is 10.0 Å². The van der Waals surface area contributed by atoms with Crippen LogP contribution in [0.5, 0.6) is 0 Å². The molecule has 0 aliphatic carbocycles. The molecule has 7 heteroatoms. The Bertz CT molecular complexity index is 1130. The van der Waals surface area contributed by atoms with Gasteiger partial charge in [0.2, 0.25) is 0 Å². The number of sulfonamides is 1. The minimum atomic E-state index is -3.80. The number of anilines is 1. The second-order valence-corrected chi connectivity index (χ2v) is 9.50. The zero-order chi connectivity index (χ0) is 21.7. The molecule has 0 unspecified atom stereocenters. The van der Waals surface area contributed by atoms with E-state index in [1.807, 2.05) is 30.3 Å². The van der Waals surface area contributed by atoms with Crippen molar-refractivity contribution in [2.24, 2.45) is 0 Å². The van der Waals surface area contributed by atoms with Gasteiger partial charge in [-0.2, -0.15) is 0 Å². The molecule has 0 heterocycles. The van der Waals surface area contributed by atoms with E-state index in [0.717, 1.165) is 10.0 Å². The maximum atomic E-state index is 13.2. The highest BCUT2D eigenvalue weighted by Crippen LogP contribution is 2.24. The van der Waals surface area contributed by atoms with Gasteiger partial charge in [0.05, 0.1) is 10.6 Å². The Labute approximate surface area is 186 Å². The molecular weight excluding hydrogens is 464 g/mol. The zero-order valence-corrected chi connectivity index (χ0v) is 19.2. The average Bonchev–Trinajstić information content (AvgIpc) is 2.76. The number of carbonyl (C=O) groups is 1. The molecule has 0 fully saturated rings. The molecule has 0 bridgehead atoms. The summed E-state index contributed by atoms with van der Waals surface area (Å²) in [5, 5.41) is 0. The van der Waals surface area contributed by atoms with Crippen molar-refractivity contribution in [2.75, 3.05) is 17.9 Å². The van der Waals surface area contributed by atoms with Crippen molar-refractivity contribution in [3.8, 4) is 0 Å². The molecule has 3 aromatic carbocycles. The quantitative estimate of drug-likeness (QED) is 0.475. The second-order valence-electron chi connectivity index (χ2n) is 6.79. The van der Waals surface area contributed by atoms with Crippen LogP contribution in [0.1, 0.15) is 22.8 Å². The lowest BCUT2D eigenvalue weighted by Gasteiger charge is -2.23. The third kappa shape index (κ3) is 4.74. The molecule has 0 aliphatic heterocycles. The number of benzene rings is 3. The van der Waals surface area contributed by atoms with Crippen LogP contribution in [-0.2, 0) is 16.6 Å². The van der Waals surface area contributed by atoms with Crippen molar-refractivity contribution in [1.82, 2.24) is 4.90 Å². The van der Waals surface area contributed by atoms with Crippen LogP contribution < -0.4 is 4.31 Å². The minimum absolute atomic E-state index is 0.0911. The summed E-state index contributed by atoms with van der Waals surface area (Å²) in [6, 6.07) is 22.8. The number of hydrogen-bond donors (Lipinski definition) is 0. The van der Waals surface area contributed by atoms with Crippen LogP contribution in [0.4, 0.5) is 5.69 Å². The van der Waals surface area contributed by atoms with E-state index in [-0.39, 0.29) is 17.3 Å². The molecule has 0 spiro atoms. The van der Waals surface area contributed by atoms with Gasteiger partial charge in [0.25, 0.3) is 15.9 Å². The third-order valence-corrected chi connectivity index (χ3v) is 7.38. The number of halogens is 1. The summed E-state index contributed by atoms with van der Waals surface area (Å²) in [6.07, 6.45) is 0. The summed E-state index contributed by atoms with van der Waals surface area (Å²) in [5.41, 5.74) is 1.89. The first kappa shape index (κ1) is 22.1. The minimum Gasteiger partial charge on any atom is -0.337 e. The van der Waals surface area contributed by atoms with Crippen LogP contribution in [0.15, 0.2) is 88.2 Å². The Hall–Kier alpha value is -2.64. The van der Waals surface area contributed by atoms with Crippen molar-refractivity contribution in [1.29, 1.82) is 0 Å². The number of hydrogen-bond acceptors (Lipinski definition) is 3. The number of carbonyl (C=O) groups excluding carboxylic acids is 1. The molecule has 0 atom stereocenters. The fraction of sp³-hybridized carbons (Fsp3) is 0.174. The highest BCUT2D eigenvalue weighted by molar-refractivity contribution is 9.10. The first-order chi connectivity index (χ1) is 14.3. The van der Waals surface area contributed by atoms with Crippen LogP contribution in [-0.4, -0.2) is 32.8 Å². The fourth-order valence-electron chi connectivity index (χ4n) is 3.18. The van der Waals surface area contributed by atoms with E-state index in [2.05, 4.69) is 15.9 Å². The van der Waals surface area contributed by atoms with Crippen molar-refractivity contribution in [2.45, 2.75) is 18.4 Å². The molecule has 0 N–H and O–H groups in total. The van der Waals surface area contributed by atoms with Gasteiger partial charge in [0.15, 0.2) is 0 Å². The van der Waals surface area contributed by atoms with E-state index in [1.54, 1.807) is 55.3 Å². The summed E-state index contributed by atoms with van der Waals surface area (Å²) < 4.78 is 28.7. The van der Waals surface area contributed by atoms with Gasteiger partial charge in [-0.1, -0.05) is 58.4 Å². The number of amides is 1. The molecule has 30 heavy (non-hydrogen) atoms. The Morgan fingerprint density at radius 2 is 1.60 bits per heavy atom. The smallest absolute Gasteiger partial charge is 0.264 e. The first-order valence-corrected chi connectivity index (χ1v) is 11.7. The van der Waals surface area contributed by atoms with Gasteiger partial charge in [-0.15, -0.1) is 0 Å². The van der Waals surface area contributed by atoms with E-state index in [4.69, 9.17) is 0 Å². The van der Waals surface area contributed by atoms with E-state index in [9.17, 15) is 13.2 Å². The SMILES string of the molecule is CCN(c1ccccc1)S(=O)(=O)c1cccc(C(=O)N(C)Cc2ccccc2Br)c1. The lowest BCUT2D eigenvalue weighted by atomic mass is 10.1. The number of rotatable bonds is 7. The molecule has 156 valence electrons. The largest absolute Gasteiger partial charge is 0.337 e. The predicted molar refractivity (Wildman–Crippen MR) is 123 cm³/mol. The Morgan fingerprint density at radius 1 is 0.933 bits per heavy atom. The molecule has 0 saturated carbocycles. The van der Waals surface area contributed by atoms with Gasteiger partial charge >= 0.3 is 0 Å². The lowest BCUT2D eigenvalue weighted by Crippen LogP contribution is -2.31. The maximum Gasteiger partial charge on any atom is 0.264 e. The van der Waals surface area contributed by atoms with Gasteiger partial charge in [-0.05, 0) is 48.9 Å². The topological polar surface area (TPSA) is 57.7 Å². The van der Waals surface area contributed by atoms with Gasteiger partial charge in [-0.3, -0.25) is 9.10 Å². The summed E-state index contributed by atoms with van der Waals surface area (Å²) in [5.74, 6) is -0.245. The van der Waals surface area contributed by atoms with Gasteiger partial charge in [0.1, 0.15) is 0 Å². The van der Waals surface area contributed by atoms with Crippen LogP contribution in [0.2, 0.25) is 0 Å². The zero-order valence-electron chi connectivity index (χ0n) is 16.8.